The van der Waals surface area contributed by atoms with E-state index in [4.69, 9.17) is 19.9 Å². The van der Waals surface area contributed by atoms with Crippen molar-refractivity contribution in [2.45, 2.75) is 32.5 Å². The third kappa shape index (κ3) is 4.47. The van der Waals surface area contributed by atoms with Crippen molar-refractivity contribution in [2.24, 2.45) is 7.05 Å². The molecule has 1 unspecified atom stereocenters. The maximum Gasteiger partial charge on any atom is 0.242 e. The number of rotatable bonds is 0. The lowest BCUT2D eigenvalue weighted by molar-refractivity contribution is -0.0917. The second-order valence-corrected chi connectivity index (χ2v) is 8.56. The van der Waals surface area contributed by atoms with Crippen molar-refractivity contribution < 1.29 is 18.6 Å². The Morgan fingerprint density at radius 3 is 2.63 bits per heavy atom. The molecule has 1 saturated heterocycles. The summed E-state index contributed by atoms with van der Waals surface area (Å²) in [5.41, 5.74) is 7.33. The number of halogens is 1. The Kier molecular flexibility index (Phi) is 6.54. The predicted molar refractivity (Wildman–Crippen MR) is 129 cm³/mol. The number of nitrogen functional groups attached to an aromatic ring is 1. The number of benzene rings is 1. The molecule has 2 aliphatic heterocycles. The fourth-order valence-electron chi connectivity index (χ4n) is 4.41. The van der Waals surface area contributed by atoms with Gasteiger partial charge in [-0.2, -0.15) is 5.26 Å². The molecule has 2 bridgehead atoms. The van der Waals surface area contributed by atoms with Gasteiger partial charge >= 0.3 is 0 Å². The second-order valence-electron chi connectivity index (χ2n) is 8.56. The molecule has 0 saturated carbocycles. The molecule has 0 amide bonds. The van der Waals surface area contributed by atoms with E-state index in [1.165, 1.54) is 16.8 Å². The van der Waals surface area contributed by atoms with E-state index in [0.29, 0.717) is 47.0 Å². The molecule has 35 heavy (non-hydrogen) atoms. The van der Waals surface area contributed by atoms with E-state index in [1.807, 2.05) is 20.9 Å². The minimum absolute atomic E-state index is 0.168. The van der Waals surface area contributed by atoms with Crippen molar-refractivity contribution in [1.82, 2.24) is 19.7 Å². The van der Waals surface area contributed by atoms with Gasteiger partial charge in [0.15, 0.2) is 17.2 Å². The van der Waals surface area contributed by atoms with Gasteiger partial charge in [-0.15, -0.1) is 5.10 Å². The average Bonchev–Trinajstić information content (AvgIpc) is 3.15. The summed E-state index contributed by atoms with van der Waals surface area (Å²) >= 11 is 0. The van der Waals surface area contributed by atoms with Gasteiger partial charge in [0.25, 0.3) is 0 Å². The van der Waals surface area contributed by atoms with Gasteiger partial charge in [0, 0.05) is 37.5 Å². The van der Waals surface area contributed by atoms with E-state index in [0.717, 1.165) is 0 Å². The number of anilines is 1. The summed E-state index contributed by atoms with van der Waals surface area (Å²) < 4.78 is 34.4. The minimum Gasteiger partial charge on any atom is -0.482 e. The lowest BCUT2D eigenvalue weighted by Gasteiger charge is -2.47. The van der Waals surface area contributed by atoms with Crippen LogP contribution < -0.4 is 19.9 Å². The van der Waals surface area contributed by atoms with Gasteiger partial charge in [-0.1, -0.05) is 13.8 Å². The topological polar surface area (TPSA) is 111 Å². The maximum atomic E-state index is 14.2. The summed E-state index contributed by atoms with van der Waals surface area (Å²) in [5, 5.41) is 14.2. The first-order chi connectivity index (χ1) is 16.8. The molecule has 0 radical (unpaired) electrons. The van der Waals surface area contributed by atoms with E-state index in [9.17, 15) is 9.65 Å². The van der Waals surface area contributed by atoms with Crippen LogP contribution in [0.15, 0.2) is 30.5 Å². The van der Waals surface area contributed by atoms with Crippen LogP contribution in [0, 0.1) is 17.1 Å². The zero-order valence-electron chi connectivity index (χ0n) is 20.5. The number of aryl methyl sites for hydroxylation is 1. The molecule has 0 aliphatic carbocycles. The molecule has 2 aromatic heterocycles. The number of nitrogens with two attached hydrogens (primary N) is 1. The van der Waals surface area contributed by atoms with Crippen LogP contribution >= 0.6 is 0 Å². The largest absolute Gasteiger partial charge is 0.482 e. The number of nitriles is 1. The molecule has 5 rings (SSSR count). The number of likely N-dealkylation sites (tertiary alicyclic amines) is 1. The first-order valence-corrected chi connectivity index (χ1v) is 11.5. The number of ether oxygens (including phenoxy) is 3. The first-order valence-electron chi connectivity index (χ1n) is 11.5. The number of aromatic nitrogens is 3. The number of nitrogens with zero attached hydrogens (tertiary/aromatic N) is 5. The molecule has 10 heteroatoms. The third-order valence-electron chi connectivity index (χ3n) is 5.92. The van der Waals surface area contributed by atoms with Crippen molar-refractivity contribution >= 4 is 5.82 Å². The zero-order valence-corrected chi connectivity index (χ0v) is 20.5. The highest BCUT2D eigenvalue weighted by Crippen LogP contribution is 2.40. The molecule has 2 N–H and O–H groups in total. The van der Waals surface area contributed by atoms with Crippen molar-refractivity contribution in [3.05, 3.63) is 47.5 Å². The van der Waals surface area contributed by atoms with Gasteiger partial charge in [0.1, 0.15) is 36.0 Å². The Morgan fingerprint density at radius 2 is 1.94 bits per heavy atom. The Balaban J connectivity index is 0.00000141. The van der Waals surface area contributed by atoms with Crippen LogP contribution in [0.3, 0.4) is 0 Å². The molecule has 4 heterocycles. The fourth-order valence-corrected chi connectivity index (χ4v) is 4.41. The molecule has 9 nitrogen and oxygen atoms in total. The van der Waals surface area contributed by atoms with Gasteiger partial charge < -0.3 is 19.9 Å². The van der Waals surface area contributed by atoms with Crippen LogP contribution in [0.4, 0.5) is 10.2 Å². The molecule has 1 fully saturated rings. The van der Waals surface area contributed by atoms with Crippen LogP contribution in [0.5, 0.6) is 17.4 Å². The molecule has 1 aromatic carbocycles. The number of fused-ring (bicyclic) bond motifs is 5. The second kappa shape index (κ2) is 9.43. The molecular formula is C25H29FN6O3. The SMILES string of the molecule is CC.CC1Oc2cc(cnc2N)-c2c(nn(C)c2C#N)OCC2(CN(C)C2)Oc2ccc(F)cc21. The van der Waals surface area contributed by atoms with Gasteiger partial charge in [-0.3, -0.25) is 9.58 Å². The summed E-state index contributed by atoms with van der Waals surface area (Å²) in [6.07, 6.45) is 0.962. The monoisotopic (exact) mass is 480 g/mol. The molecule has 1 atom stereocenters. The Labute approximate surface area is 203 Å². The minimum atomic E-state index is -0.674. The van der Waals surface area contributed by atoms with E-state index in [-0.39, 0.29) is 18.3 Å². The van der Waals surface area contributed by atoms with Crippen LogP contribution in [0.1, 0.15) is 38.1 Å². The molecule has 2 aliphatic rings. The van der Waals surface area contributed by atoms with Crippen molar-refractivity contribution in [3.8, 4) is 34.6 Å². The summed E-state index contributed by atoms with van der Waals surface area (Å²) in [4.78, 5) is 6.34. The highest BCUT2D eigenvalue weighted by Gasteiger charge is 2.46. The summed E-state index contributed by atoms with van der Waals surface area (Å²) in [6.45, 7) is 7.19. The van der Waals surface area contributed by atoms with Crippen LogP contribution in [-0.4, -0.2) is 52.0 Å². The van der Waals surface area contributed by atoms with Crippen molar-refractivity contribution in [2.75, 3.05) is 32.5 Å². The number of hydrogen-bond acceptors (Lipinski definition) is 8. The highest BCUT2D eigenvalue weighted by molar-refractivity contribution is 5.75. The maximum absolute atomic E-state index is 14.2. The molecular weight excluding hydrogens is 451 g/mol. The molecule has 3 aromatic rings. The smallest absolute Gasteiger partial charge is 0.242 e. The summed E-state index contributed by atoms with van der Waals surface area (Å²) in [6, 6.07) is 8.22. The lowest BCUT2D eigenvalue weighted by atomic mass is 9.95. The standard InChI is InChI=1S/C23H23FN6O3.C2H6/c1-13-16-7-15(24)4-5-18(16)33-23(10-29(2)11-23)12-31-22-20(17(8-25)30(3)28-22)14-6-19(32-13)21(26)27-9-14;1-2/h4-7,9,13H,10-12H2,1-3H3,(H2,26,27);1-2H3. The fraction of sp³-hybridized carbons (Fsp3) is 0.400. The van der Waals surface area contributed by atoms with Gasteiger partial charge in [0.05, 0.1) is 5.56 Å². The summed E-state index contributed by atoms with van der Waals surface area (Å²) in [5.74, 6) is 0.855. The van der Waals surface area contributed by atoms with Gasteiger partial charge in [-0.05, 0) is 38.2 Å². The molecule has 1 spiro atoms. The van der Waals surface area contributed by atoms with Gasteiger partial charge in [-0.25, -0.2) is 9.37 Å². The Morgan fingerprint density at radius 1 is 1.20 bits per heavy atom. The van der Waals surface area contributed by atoms with Crippen molar-refractivity contribution in [3.63, 3.8) is 0 Å². The van der Waals surface area contributed by atoms with E-state index >= 15 is 0 Å². The number of pyridine rings is 1. The Bertz CT molecular complexity index is 1280. The summed E-state index contributed by atoms with van der Waals surface area (Å²) in [7, 11) is 3.66. The molecule has 184 valence electrons. The normalized spacial score (nSPS) is 18.3. The third-order valence-corrected chi connectivity index (χ3v) is 5.92. The van der Waals surface area contributed by atoms with Crippen LogP contribution in [-0.2, 0) is 7.05 Å². The van der Waals surface area contributed by atoms with Crippen LogP contribution in [0.25, 0.3) is 11.1 Å². The highest BCUT2D eigenvalue weighted by atomic mass is 19.1. The van der Waals surface area contributed by atoms with E-state index < -0.39 is 17.5 Å². The van der Waals surface area contributed by atoms with E-state index in [1.54, 1.807) is 32.3 Å². The quantitative estimate of drug-likeness (QED) is 0.519. The zero-order chi connectivity index (χ0) is 25.3. The average molecular weight is 481 g/mol. The van der Waals surface area contributed by atoms with E-state index in [2.05, 4.69) is 21.1 Å². The number of likely N-dealkylation sites (N-methyl/N-ethyl adjacent to an activating group) is 1. The first kappa shape index (κ1) is 24.3. The van der Waals surface area contributed by atoms with Crippen molar-refractivity contribution in [1.29, 1.82) is 5.26 Å². The Hall–Kier alpha value is -3.84. The van der Waals surface area contributed by atoms with Crippen LogP contribution in [0.2, 0.25) is 0 Å². The lowest BCUT2D eigenvalue weighted by Crippen LogP contribution is -2.66. The predicted octanol–water partition coefficient (Wildman–Crippen LogP) is 3.70. The van der Waals surface area contributed by atoms with Gasteiger partial charge in [0.2, 0.25) is 5.88 Å². The number of hydrogen-bond donors (Lipinski definition) is 1.